The van der Waals surface area contributed by atoms with Gasteiger partial charge in [-0.05, 0) is 42.8 Å². The Morgan fingerprint density at radius 2 is 1.58 bits per heavy atom. The number of carbonyl (C=O) groups is 1. The van der Waals surface area contributed by atoms with Gasteiger partial charge in [-0.25, -0.2) is 4.98 Å². The molecule has 0 atom stereocenters. The lowest BCUT2D eigenvalue weighted by Gasteiger charge is -2.16. The third kappa shape index (κ3) is 6.40. The van der Waals surface area contributed by atoms with Gasteiger partial charge in [-0.2, -0.15) is 5.26 Å². The number of carbonyl (C=O) groups excluding carboxylic acids is 1. The number of para-hydroxylation sites is 1. The average molecular weight is 591 g/mol. The van der Waals surface area contributed by atoms with Crippen LogP contribution in [0.5, 0.6) is 17.2 Å². The van der Waals surface area contributed by atoms with Crippen LogP contribution in [0.4, 0.5) is 5.69 Å². The summed E-state index contributed by atoms with van der Waals surface area (Å²) in [6.45, 7) is 1.90. The minimum atomic E-state index is -0.133. The van der Waals surface area contributed by atoms with Gasteiger partial charge in [-0.3, -0.25) is 9.78 Å². The van der Waals surface area contributed by atoms with E-state index < -0.39 is 0 Å². The summed E-state index contributed by atoms with van der Waals surface area (Å²) < 4.78 is 16.7. The lowest BCUT2D eigenvalue weighted by atomic mass is 9.98. The lowest BCUT2D eigenvalue weighted by molar-refractivity contribution is -0.115. The molecular weight excluding hydrogens is 560 g/mol. The predicted molar refractivity (Wildman–Crippen MR) is 170 cm³/mol. The number of methoxy groups -OCH3 is 3. The fourth-order valence-corrected chi connectivity index (χ4v) is 5.76. The van der Waals surface area contributed by atoms with Crippen LogP contribution in [0.15, 0.2) is 83.9 Å². The summed E-state index contributed by atoms with van der Waals surface area (Å²) in [6.07, 6.45) is 0.224. The van der Waals surface area contributed by atoms with E-state index in [2.05, 4.69) is 16.4 Å². The van der Waals surface area contributed by atoms with Crippen molar-refractivity contribution in [2.24, 2.45) is 0 Å². The molecule has 0 aliphatic heterocycles. The normalized spacial score (nSPS) is 10.7. The molecule has 0 saturated heterocycles. The molecule has 2 heterocycles. The quantitative estimate of drug-likeness (QED) is 0.169. The van der Waals surface area contributed by atoms with Crippen molar-refractivity contribution in [2.45, 2.75) is 18.4 Å². The first kappa shape index (κ1) is 29.4. The number of nitrogens with one attached hydrogen (secondary N) is 1. The lowest BCUT2D eigenvalue weighted by Crippen LogP contribution is -2.13. The van der Waals surface area contributed by atoms with E-state index >= 15 is 0 Å². The summed E-state index contributed by atoms with van der Waals surface area (Å²) in [5, 5.41) is 14.8. The van der Waals surface area contributed by atoms with E-state index in [1.165, 1.54) is 11.8 Å². The molecule has 0 aliphatic rings. The van der Waals surface area contributed by atoms with Gasteiger partial charge in [0.2, 0.25) is 11.7 Å². The number of pyridine rings is 2. The molecule has 0 radical (unpaired) electrons. The zero-order valence-electron chi connectivity index (χ0n) is 24.3. The zero-order valence-corrected chi connectivity index (χ0v) is 25.1. The number of hydrogen-bond acceptors (Lipinski definition) is 8. The monoisotopic (exact) mass is 590 g/mol. The van der Waals surface area contributed by atoms with Crippen LogP contribution >= 0.6 is 11.8 Å². The maximum Gasteiger partial charge on any atom is 0.225 e. The summed E-state index contributed by atoms with van der Waals surface area (Å²) >= 11 is 1.37. The zero-order chi connectivity index (χ0) is 30.3. The van der Waals surface area contributed by atoms with Gasteiger partial charge in [0.05, 0.1) is 43.8 Å². The van der Waals surface area contributed by atoms with Crippen molar-refractivity contribution in [1.82, 2.24) is 9.97 Å². The predicted octanol–water partition coefficient (Wildman–Crippen LogP) is 7.29. The van der Waals surface area contributed by atoms with E-state index in [-0.39, 0.29) is 12.3 Å². The Kier molecular flexibility index (Phi) is 9.08. The molecule has 0 saturated carbocycles. The highest BCUT2D eigenvalue weighted by Crippen LogP contribution is 2.43. The molecule has 0 spiro atoms. The van der Waals surface area contributed by atoms with E-state index in [9.17, 15) is 10.1 Å². The minimum Gasteiger partial charge on any atom is -0.493 e. The largest absolute Gasteiger partial charge is 0.493 e. The van der Waals surface area contributed by atoms with Crippen LogP contribution in [-0.4, -0.2) is 43.0 Å². The second-order valence-corrected chi connectivity index (χ2v) is 10.7. The van der Waals surface area contributed by atoms with Gasteiger partial charge in [-0.15, -0.1) is 11.8 Å². The minimum absolute atomic E-state index is 0.133. The third-order valence-corrected chi connectivity index (χ3v) is 7.81. The Morgan fingerprint density at radius 3 is 2.26 bits per heavy atom. The standard InChI is InChI=1S/C34H30N4O4S/c1-21-16-29(24-12-8-9-13-27(24)36-21)37-32(39)14-15-43-34-26(20-35)25(19-28(38-34)22-10-6-5-7-11-22)23-17-30(40-2)33(42-4)31(18-23)41-3/h5-13,16-19H,14-15H2,1-4H3,(H,36,37,39). The van der Waals surface area contributed by atoms with Crippen LogP contribution in [0.25, 0.3) is 33.3 Å². The number of anilines is 1. The fraction of sp³-hybridized carbons (Fsp3) is 0.176. The SMILES string of the molecule is COc1cc(-c2cc(-c3ccccc3)nc(SCCC(=O)Nc3cc(C)nc4ccccc34)c2C#N)cc(OC)c1OC. The van der Waals surface area contributed by atoms with Crippen LogP contribution in [0.2, 0.25) is 0 Å². The summed E-state index contributed by atoms with van der Waals surface area (Å²) in [5.74, 6) is 1.70. The summed E-state index contributed by atoms with van der Waals surface area (Å²) in [7, 11) is 4.65. The van der Waals surface area contributed by atoms with Crippen LogP contribution in [0, 0.1) is 18.3 Å². The second kappa shape index (κ2) is 13.3. The Bertz CT molecular complexity index is 1810. The van der Waals surface area contributed by atoms with Gasteiger partial charge in [0, 0.05) is 34.4 Å². The van der Waals surface area contributed by atoms with Crippen molar-refractivity contribution in [2.75, 3.05) is 32.4 Å². The van der Waals surface area contributed by atoms with Crippen molar-refractivity contribution in [3.05, 3.63) is 90.1 Å². The molecule has 1 amide bonds. The number of hydrogen-bond donors (Lipinski definition) is 1. The van der Waals surface area contributed by atoms with Gasteiger partial charge in [0.1, 0.15) is 11.1 Å². The Balaban J connectivity index is 1.47. The van der Waals surface area contributed by atoms with Gasteiger partial charge in [0.15, 0.2) is 11.5 Å². The first-order chi connectivity index (χ1) is 20.9. The molecule has 2 aromatic heterocycles. The number of fused-ring (bicyclic) bond motifs is 1. The Morgan fingerprint density at radius 1 is 0.884 bits per heavy atom. The molecular formula is C34H30N4O4S. The van der Waals surface area contributed by atoms with Gasteiger partial charge >= 0.3 is 0 Å². The third-order valence-electron chi connectivity index (χ3n) is 6.83. The molecule has 9 heteroatoms. The molecule has 0 bridgehead atoms. The number of thioether (sulfide) groups is 1. The molecule has 5 aromatic rings. The number of aryl methyl sites for hydroxylation is 1. The molecule has 3 aromatic carbocycles. The Labute approximate surface area is 254 Å². The topological polar surface area (TPSA) is 106 Å². The van der Waals surface area contributed by atoms with Crippen LogP contribution in [-0.2, 0) is 4.79 Å². The fourth-order valence-electron chi connectivity index (χ4n) is 4.82. The number of nitriles is 1. The van der Waals surface area contributed by atoms with E-state index in [0.29, 0.717) is 50.4 Å². The van der Waals surface area contributed by atoms with Crippen molar-refractivity contribution in [3.63, 3.8) is 0 Å². The molecule has 43 heavy (non-hydrogen) atoms. The van der Waals surface area contributed by atoms with Crippen molar-refractivity contribution in [1.29, 1.82) is 5.26 Å². The van der Waals surface area contributed by atoms with Gasteiger partial charge < -0.3 is 19.5 Å². The Hall–Kier alpha value is -5.07. The molecule has 0 unspecified atom stereocenters. The maximum atomic E-state index is 13.0. The number of aromatic nitrogens is 2. The molecule has 0 fully saturated rings. The highest BCUT2D eigenvalue weighted by molar-refractivity contribution is 7.99. The highest BCUT2D eigenvalue weighted by atomic mass is 32.2. The van der Waals surface area contributed by atoms with Crippen LogP contribution in [0.1, 0.15) is 17.7 Å². The molecule has 1 N–H and O–H groups in total. The molecule has 8 nitrogen and oxygen atoms in total. The van der Waals surface area contributed by atoms with Gasteiger partial charge in [-0.1, -0.05) is 48.5 Å². The van der Waals surface area contributed by atoms with Gasteiger partial charge in [0.25, 0.3) is 0 Å². The second-order valence-electron chi connectivity index (χ2n) is 9.60. The maximum absolute atomic E-state index is 13.0. The molecule has 216 valence electrons. The number of rotatable bonds is 10. The number of benzene rings is 3. The number of amides is 1. The van der Waals surface area contributed by atoms with Crippen molar-refractivity contribution >= 4 is 34.3 Å². The molecule has 5 rings (SSSR count). The molecule has 0 aliphatic carbocycles. The van der Waals surface area contributed by atoms with Crippen LogP contribution < -0.4 is 19.5 Å². The van der Waals surface area contributed by atoms with Crippen LogP contribution in [0.3, 0.4) is 0 Å². The van der Waals surface area contributed by atoms with Crippen molar-refractivity contribution in [3.8, 4) is 45.7 Å². The smallest absolute Gasteiger partial charge is 0.225 e. The number of ether oxygens (including phenoxy) is 3. The average Bonchev–Trinajstić information content (AvgIpc) is 3.03. The van der Waals surface area contributed by atoms with E-state index in [4.69, 9.17) is 19.2 Å². The van der Waals surface area contributed by atoms with E-state index in [1.807, 2.05) is 85.8 Å². The first-order valence-electron chi connectivity index (χ1n) is 13.6. The first-order valence-corrected chi connectivity index (χ1v) is 14.5. The van der Waals surface area contributed by atoms with Crippen molar-refractivity contribution < 1.29 is 19.0 Å². The number of nitrogens with zero attached hydrogens (tertiary/aromatic N) is 3. The summed E-state index contributed by atoms with van der Waals surface area (Å²) in [6, 6.07) is 27.2. The summed E-state index contributed by atoms with van der Waals surface area (Å²) in [5.41, 5.74) is 5.76. The van der Waals surface area contributed by atoms with E-state index in [0.717, 1.165) is 27.8 Å². The highest BCUT2D eigenvalue weighted by Gasteiger charge is 2.20. The summed E-state index contributed by atoms with van der Waals surface area (Å²) in [4.78, 5) is 22.4. The van der Waals surface area contributed by atoms with E-state index in [1.54, 1.807) is 21.3 Å².